The predicted molar refractivity (Wildman–Crippen MR) is 60.2 cm³/mol. The van der Waals surface area contributed by atoms with E-state index >= 15 is 0 Å². The highest BCUT2D eigenvalue weighted by atomic mass is 16.1. The Morgan fingerprint density at radius 3 is 2.73 bits per heavy atom. The van der Waals surface area contributed by atoms with E-state index in [1.165, 1.54) is 0 Å². The van der Waals surface area contributed by atoms with Crippen LogP contribution in [0.3, 0.4) is 0 Å². The van der Waals surface area contributed by atoms with Gasteiger partial charge in [0.2, 0.25) is 0 Å². The smallest absolute Gasteiger partial charge is 0.188 e. The van der Waals surface area contributed by atoms with Crippen LogP contribution in [0.5, 0.6) is 0 Å². The molecule has 0 saturated carbocycles. The SMILES string of the molecule is CC#CCNC1=CC(=O)c2ccccc21. The van der Waals surface area contributed by atoms with Crippen molar-refractivity contribution in [2.45, 2.75) is 6.92 Å². The van der Waals surface area contributed by atoms with Gasteiger partial charge in [-0.2, -0.15) is 0 Å². The molecule has 0 radical (unpaired) electrons. The van der Waals surface area contributed by atoms with E-state index in [1.54, 1.807) is 13.0 Å². The number of benzene rings is 1. The van der Waals surface area contributed by atoms with Crippen molar-refractivity contribution in [3.63, 3.8) is 0 Å². The third-order valence-electron chi connectivity index (χ3n) is 2.30. The number of hydrogen-bond donors (Lipinski definition) is 1. The van der Waals surface area contributed by atoms with Crippen molar-refractivity contribution in [2.24, 2.45) is 0 Å². The summed E-state index contributed by atoms with van der Waals surface area (Å²) in [4.78, 5) is 11.6. The second kappa shape index (κ2) is 4.02. The second-order valence-corrected chi connectivity index (χ2v) is 3.25. The van der Waals surface area contributed by atoms with E-state index in [0.717, 1.165) is 16.8 Å². The number of nitrogens with one attached hydrogen (secondary N) is 1. The topological polar surface area (TPSA) is 29.1 Å². The molecule has 0 spiro atoms. The Morgan fingerprint density at radius 2 is 2.00 bits per heavy atom. The molecule has 0 unspecified atom stereocenters. The molecule has 1 aromatic rings. The van der Waals surface area contributed by atoms with Gasteiger partial charge in [0.1, 0.15) is 0 Å². The molecule has 0 aliphatic heterocycles. The van der Waals surface area contributed by atoms with Crippen LogP contribution in [0.2, 0.25) is 0 Å². The summed E-state index contributed by atoms with van der Waals surface area (Å²) in [6.45, 7) is 2.37. The Bertz CT molecular complexity index is 489. The van der Waals surface area contributed by atoms with Crippen molar-refractivity contribution < 1.29 is 4.79 Å². The summed E-state index contributed by atoms with van der Waals surface area (Å²) < 4.78 is 0. The largest absolute Gasteiger partial charge is 0.374 e. The van der Waals surface area contributed by atoms with Crippen molar-refractivity contribution in [3.8, 4) is 11.8 Å². The minimum Gasteiger partial charge on any atom is -0.374 e. The Morgan fingerprint density at radius 1 is 1.27 bits per heavy atom. The van der Waals surface area contributed by atoms with Gasteiger partial charge >= 0.3 is 0 Å². The average Bonchev–Trinajstić information content (AvgIpc) is 2.58. The molecule has 0 fully saturated rings. The van der Waals surface area contributed by atoms with Gasteiger partial charge in [0, 0.05) is 22.9 Å². The van der Waals surface area contributed by atoms with Crippen LogP contribution in [0.25, 0.3) is 5.70 Å². The number of fused-ring (bicyclic) bond motifs is 1. The van der Waals surface area contributed by atoms with E-state index in [1.807, 2.05) is 24.3 Å². The quantitative estimate of drug-likeness (QED) is 0.733. The van der Waals surface area contributed by atoms with Crippen LogP contribution >= 0.6 is 0 Å². The molecule has 1 N–H and O–H groups in total. The Balaban J connectivity index is 2.24. The Hall–Kier alpha value is -2.01. The van der Waals surface area contributed by atoms with Crippen molar-refractivity contribution in [3.05, 3.63) is 41.5 Å². The maximum atomic E-state index is 11.6. The van der Waals surface area contributed by atoms with E-state index in [9.17, 15) is 4.79 Å². The number of ketones is 1. The van der Waals surface area contributed by atoms with Gasteiger partial charge in [0.15, 0.2) is 5.78 Å². The van der Waals surface area contributed by atoms with Gasteiger partial charge in [-0.15, -0.1) is 5.92 Å². The molecule has 0 saturated heterocycles. The summed E-state index contributed by atoms with van der Waals surface area (Å²) in [6.07, 6.45) is 1.63. The van der Waals surface area contributed by atoms with E-state index in [2.05, 4.69) is 17.2 Å². The zero-order chi connectivity index (χ0) is 10.7. The fraction of sp³-hybridized carbons (Fsp3) is 0.154. The highest BCUT2D eigenvalue weighted by Crippen LogP contribution is 2.24. The Labute approximate surface area is 89.0 Å². The molecule has 1 aromatic carbocycles. The maximum absolute atomic E-state index is 11.6. The van der Waals surface area contributed by atoms with Gasteiger partial charge in [-0.05, 0) is 6.92 Å². The van der Waals surface area contributed by atoms with Crippen LogP contribution in [0.4, 0.5) is 0 Å². The number of carbonyl (C=O) groups excluding carboxylic acids is 1. The molecule has 2 rings (SSSR count). The molecular formula is C13H11NO. The lowest BCUT2D eigenvalue weighted by molar-refractivity contribution is 0.105. The van der Waals surface area contributed by atoms with Crippen LogP contribution < -0.4 is 5.32 Å². The standard InChI is InChI=1S/C13H11NO/c1-2-3-8-14-12-9-13(15)11-7-5-4-6-10(11)12/h4-7,9,14H,8H2,1H3. The molecule has 0 heterocycles. The van der Waals surface area contributed by atoms with Crippen LogP contribution in [-0.4, -0.2) is 12.3 Å². The van der Waals surface area contributed by atoms with Crippen molar-refractivity contribution in [2.75, 3.05) is 6.54 Å². The first-order chi connectivity index (χ1) is 7.33. The van der Waals surface area contributed by atoms with Crippen LogP contribution in [0.1, 0.15) is 22.8 Å². The summed E-state index contributed by atoms with van der Waals surface area (Å²) >= 11 is 0. The van der Waals surface area contributed by atoms with Crippen LogP contribution in [-0.2, 0) is 0 Å². The molecule has 0 bridgehead atoms. The first-order valence-electron chi connectivity index (χ1n) is 4.82. The zero-order valence-electron chi connectivity index (χ0n) is 8.50. The molecule has 2 heteroatoms. The van der Waals surface area contributed by atoms with Crippen LogP contribution in [0, 0.1) is 11.8 Å². The third-order valence-corrected chi connectivity index (χ3v) is 2.30. The first kappa shape index (κ1) is 9.54. The number of allylic oxidation sites excluding steroid dienone is 1. The monoisotopic (exact) mass is 197 g/mol. The van der Waals surface area contributed by atoms with Gasteiger partial charge in [-0.25, -0.2) is 0 Å². The van der Waals surface area contributed by atoms with Crippen molar-refractivity contribution in [1.29, 1.82) is 0 Å². The fourth-order valence-corrected chi connectivity index (χ4v) is 1.59. The molecule has 2 nitrogen and oxygen atoms in total. The molecule has 1 aliphatic carbocycles. The van der Waals surface area contributed by atoms with Crippen LogP contribution in [0.15, 0.2) is 30.3 Å². The van der Waals surface area contributed by atoms with Gasteiger partial charge in [0.25, 0.3) is 0 Å². The maximum Gasteiger partial charge on any atom is 0.188 e. The zero-order valence-corrected chi connectivity index (χ0v) is 8.50. The van der Waals surface area contributed by atoms with E-state index in [0.29, 0.717) is 6.54 Å². The Kier molecular flexibility index (Phi) is 2.55. The minimum absolute atomic E-state index is 0.0672. The number of rotatable bonds is 2. The summed E-state index contributed by atoms with van der Waals surface area (Å²) in [7, 11) is 0. The molecule has 15 heavy (non-hydrogen) atoms. The normalized spacial score (nSPS) is 12.6. The molecule has 1 aliphatic rings. The lowest BCUT2D eigenvalue weighted by atomic mass is 10.1. The summed E-state index contributed by atoms with van der Waals surface area (Å²) in [5.74, 6) is 5.78. The van der Waals surface area contributed by atoms with Crippen molar-refractivity contribution in [1.82, 2.24) is 5.32 Å². The summed E-state index contributed by atoms with van der Waals surface area (Å²) in [5.41, 5.74) is 2.61. The van der Waals surface area contributed by atoms with E-state index in [-0.39, 0.29) is 5.78 Å². The molecular weight excluding hydrogens is 186 g/mol. The van der Waals surface area contributed by atoms with Gasteiger partial charge in [-0.3, -0.25) is 4.79 Å². The van der Waals surface area contributed by atoms with E-state index < -0.39 is 0 Å². The van der Waals surface area contributed by atoms with Gasteiger partial charge in [0.05, 0.1) is 6.54 Å². The number of carbonyl (C=O) groups is 1. The average molecular weight is 197 g/mol. The summed E-state index contributed by atoms with van der Waals surface area (Å²) in [6, 6.07) is 7.59. The fourth-order valence-electron chi connectivity index (χ4n) is 1.59. The number of hydrogen-bond acceptors (Lipinski definition) is 2. The lowest BCUT2D eigenvalue weighted by Gasteiger charge is -2.04. The van der Waals surface area contributed by atoms with E-state index in [4.69, 9.17) is 0 Å². The molecule has 0 aromatic heterocycles. The highest BCUT2D eigenvalue weighted by molar-refractivity contribution is 6.16. The second-order valence-electron chi connectivity index (χ2n) is 3.25. The minimum atomic E-state index is 0.0672. The van der Waals surface area contributed by atoms with Gasteiger partial charge in [-0.1, -0.05) is 30.2 Å². The molecule has 74 valence electrons. The van der Waals surface area contributed by atoms with Gasteiger partial charge < -0.3 is 5.32 Å². The predicted octanol–water partition coefficient (Wildman–Crippen LogP) is 1.84. The highest BCUT2D eigenvalue weighted by Gasteiger charge is 2.19. The third kappa shape index (κ3) is 1.77. The molecule has 0 atom stereocenters. The first-order valence-corrected chi connectivity index (χ1v) is 4.82. The summed E-state index contributed by atoms with van der Waals surface area (Å²) in [5, 5.41) is 3.14. The van der Waals surface area contributed by atoms with Crippen molar-refractivity contribution >= 4 is 11.5 Å². The molecule has 0 amide bonds. The lowest BCUT2D eigenvalue weighted by Crippen LogP contribution is -2.10.